The third kappa shape index (κ3) is 3.43. The monoisotopic (exact) mass is 395 g/mol. The summed E-state index contributed by atoms with van der Waals surface area (Å²) in [5, 5.41) is 4.32. The molecule has 1 aromatic carbocycles. The van der Waals surface area contributed by atoms with Crippen molar-refractivity contribution in [3.05, 3.63) is 34.9 Å². The van der Waals surface area contributed by atoms with Gasteiger partial charge < -0.3 is 9.47 Å². The van der Waals surface area contributed by atoms with Crippen LogP contribution in [0.25, 0.3) is 0 Å². The Morgan fingerprint density at radius 1 is 1.27 bits per heavy atom. The molecule has 0 bridgehead atoms. The van der Waals surface area contributed by atoms with E-state index in [2.05, 4.69) is 10.00 Å². The number of aromatic nitrogens is 3. The number of aryl methyl sites for hydroxylation is 2. The van der Waals surface area contributed by atoms with Crippen molar-refractivity contribution in [2.45, 2.75) is 38.3 Å². The second-order valence-corrected chi connectivity index (χ2v) is 8.72. The molecule has 1 aliphatic rings. The average Bonchev–Trinajstić information content (AvgIpc) is 2.94. The summed E-state index contributed by atoms with van der Waals surface area (Å²) in [5.41, 5.74) is 2.12. The molecule has 0 saturated carbocycles. The van der Waals surface area contributed by atoms with Gasteiger partial charge in [-0.3, -0.25) is 0 Å². The molecule has 0 atom stereocenters. The van der Waals surface area contributed by atoms with E-state index in [4.69, 9.17) is 12.2 Å². The van der Waals surface area contributed by atoms with Crippen molar-refractivity contribution in [1.82, 2.24) is 18.7 Å². The van der Waals surface area contributed by atoms with Gasteiger partial charge in [-0.2, -0.15) is 9.40 Å². The number of benzene rings is 1. The maximum atomic E-state index is 12.8. The predicted molar refractivity (Wildman–Crippen MR) is 104 cm³/mol. The molecule has 9 heteroatoms. The van der Waals surface area contributed by atoms with Crippen molar-refractivity contribution in [2.75, 3.05) is 24.5 Å². The Morgan fingerprint density at radius 2 is 2.00 bits per heavy atom. The normalized spacial score (nSPS) is 14.7. The molecule has 0 fully saturated rings. The van der Waals surface area contributed by atoms with Crippen LogP contribution in [0.4, 0.5) is 5.69 Å². The predicted octanol–water partition coefficient (Wildman–Crippen LogP) is 2.39. The maximum absolute atomic E-state index is 12.8. The highest BCUT2D eigenvalue weighted by molar-refractivity contribution is 7.89. The first-order valence-corrected chi connectivity index (χ1v) is 10.7. The van der Waals surface area contributed by atoms with E-state index in [9.17, 15) is 8.42 Å². The zero-order chi connectivity index (χ0) is 18.9. The lowest BCUT2D eigenvalue weighted by Crippen LogP contribution is -2.33. The Morgan fingerprint density at radius 3 is 2.62 bits per heavy atom. The van der Waals surface area contributed by atoms with E-state index in [0.717, 1.165) is 30.6 Å². The molecule has 1 aromatic heterocycles. The number of anilines is 1. The highest BCUT2D eigenvalue weighted by Gasteiger charge is 2.25. The van der Waals surface area contributed by atoms with E-state index in [0.29, 0.717) is 29.4 Å². The first kappa shape index (κ1) is 19.1. The van der Waals surface area contributed by atoms with Crippen molar-refractivity contribution in [1.29, 1.82) is 0 Å². The molecule has 0 spiro atoms. The molecule has 2 heterocycles. The van der Waals surface area contributed by atoms with Crippen LogP contribution in [0.15, 0.2) is 29.4 Å². The van der Waals surface area contributed by atoms with Gasteiger partial charge in [0.05, 0.1) is 4.90 Å². The maximum Gasteiger partial charge on any atom is 0.243 e. The van der Waals surface area contributed by atoms with Crippen LogP contribution in [-0.4, -0.2) is 46.7 Å². The SMILES string of the molecule is CCN(CC)S(=O)(=O)c1ccc2c(c1)CCCN2Cn1ncn(C)c1=S. The van der Waals surface area contributed by atoms with Crippen LogP contribution in [0.5, 0.6) is 0 Å². The van der Waals surface area contributed by atoms with Crippen LogP contribution in [0.3, 0.4) is 0 Å². The molecule has 0 radical (unpaired) electrons. The van der Waals surface area contributed by atoms with Crippen LogP contribution in [0, 0.1) is 4.77 Å². The molecule has 7 nitrogen and oxygen atoms in total. The number of sulfonamides is 1. The van der Waals surface area contributed by atoms with E-state index in [1.165, 1.54) is 4.31 Å². The van der Waals surface area contributed by atoms with Crippen molar-refractivity contribution in [3.8, 4) is 0 Å². The molecule has 1 aliphatic heterocycles. The Bertz CT molecular complexity index is 944. The summed E-state index contributed by atoms with van der Waals surface area (Å²) >= 11 is 5.37. The van der Waals surface area contributed by atoms with Gasteiger partial charge in [0, 0.05) is 32.4 Å². The summed E-state index contributed by atoms with van der Waals surface area (Å²) in [6.45, 7) is 6.12. The highest BCUT2D eigenvalue weighted by Crippen LogP contribution is 2.30. The fourth-order valence-electron chi connectivity index (χ4n) is 3.35. The van der Waals surface area contributed by atoms with Gasteiger partial charge in [-0.1, -0.05) is 13.8 Å². The lowest BCUT2D eigenvalue weighted by molar-refractivity contribution is 0.445. The Hall–Kier alpha value is -1.71. The summed E-state index contributed by atoms with van der Waals surface area (Å²) < 4.78 is 31.3. The second kappa shape index (κ2) is 7.50. The minimum absolute atomic E-state index is 0.372. The minimum Gasteiger partial charge on any atom is -0.352 e. The van der Waals surface area contributed by atoms with Gasteiger partial charge in [-0.15, -0.1) is 0 Å². The van der Waals surface area contributed by atoms with Crippen molar-refractivity contribution in [2.24, 2.45) is 7.05 Å². The molecule has 0 saturated heterocycles. The number of hydrogen-bond acceptors (Lipinski definition) is 5. The van der Waals surface area contributed by atoms with Gasteiger partial charge in [0.15, 0.2) is 4.77 Å². The van der Waals surface area contributed by atoms with Crippen LogP contribution in [0.2, 0.25) is 0 Å². The molecule has 2 aromatic rings. The fraction of sp³-hybridized carbons (Fsp3) is 0.529. The third-order valence-electron chi connectivity index (χ3n) is 4.80. The first-order chi connectivity index (χ1) is 12.4. The van der Waals surface area contributed by atoms with Crippen LogP contribution >= 0.6 is 12.2 Å². The van der Waals surface area contributed by atoms with E-state index < -0.39 is 10.0 Å². The molecule has 0 amide bonds. The number of nitrogens with zero attached hydrogens (tertiary/aromatic N) is 5. The van der Waals surface area contributed by atoms with Crippen molar-refractivity contribution >= 4 is 27.9 Å². The summed E-state index contributed by atoms with van der Waals surface area (Å²) in [7, 11) is -1.56. The lowest BCUT2D eigenvalue weighted by Gasteiger charge is -2.31. The summed E-state index contributed by atoms with van der Waals surface area (Å²) in [6.07, 6.45) is 3.55. The van der Waals surface area contributed by atoms with E-state index in [1.54, 1.807) is 21.6 Å². The molecular formula is C17H25N5O2S2. The minimum atomic E-state index is -3.44. The smallest absolute Gasteiger partial charge is 0.243 e. The van der Waals surface area contributed by atoms with Crippen molar-refractivity contribution < 1.29 is 8.42 Å². The molecule has 3 rings (SSSR count). The van der Waals surface area contributed by atoms with Gasteiger partial charge in [-0.25, -0.2) is 13.1 Å². The number of rotatable bonds is 6. The molecule has 0 aliphatic carbocycles. The largest absolute Gasteiger partial charge is 0.352 e. The Balaban J connectivity index is 1.92. The Labute approximate surface area is 159 Å². The van der Waals surface area contributed by atoms with E-state index in [-0.39, 0.29) is 0 Å². The topological polar surface area (TPSA) is 63.4 Å². The molecule has 0 unspecified atom stereocenters. The van der Waals surface area contributed by atoms with Crippen LogP contribution in [-0.2, 0) is 30.2 Å². The van der Waals surface area contributed by atoms with E-state index >= 15 is 0 Å². The van der Waals surface area contributed by atoms with Crippen LogP contribution < -0.4 is 4.90 Å². The van der Waals surface area contributed by atoms with Gasteiger partial charge in [0.2, 0.25) is 10.0 Å². The Kier molecular flexibility index (Phi) is 5.50. The van der Waals surface area contributed by atoms with Crippen LogP contribution in [0.1, 0.15) is 25.8 Å². The van der Waals surface area contributed by atoms with Gasteiger partial charge in [-0.05, 0) is 48.8 Å². The van der Waals surface area contributed by atoms with Gasteiger partial charge >= 0.3 is 0 Å². The summed E-state index contributed by atoms with van der Waals surface area (Å²) in [4.78, 5) is 2.58. The lowest BCUT2D eigenvalue weighted by atomic mass is 10.0. The number of hydrogen-bond donors (Lipinski definition) is 0. The van der Waals surface area contributed by atoms with Gasteiger partial charge in [0.1, 0.15) is 13.0 Å². The summed E-state index contributed by atoms with van der Waals surface area (Å²) in [6, 6.07) is 5.45. The average molecular weight is 396 g/mol. The zero-order valence-electron chi connectivity index (χ0n) is 15.4. The fourth-order valence-corrected chi connectivity index (χ4v) is 5.01. The third-order valence-corrected chi connectivity index (χ3v) is 7.35. The summed E-state index contributed by atoms with van der Waals surface area (Å²) in [5.74, 6) is 0. The highest BCUT2D eigenvalue weighted by atomic mass is 32.2. The van der Waals surface area contributed by atoms with E-state index in [1.807, 2.05) is 33.0 Å². The quantitative estimate of drug-likeness (QED) is 0.703. The first-order valence-electron chi connectivity index (χ1n) is 8.85. The molecule has 0 N–H and O–H groups in total. The number of fused-ring (bicyclic) bond motifs is 1. The molecule has 26 heavy (non-hydrogen) atoms. The standard InChI is InChI=1S/C17H25N5O2S2/c1-4-21(5-2)26(23,24)15-8-9-16-14(11-15)7-6-10-20(16)13-22-17(25)19(3)12-18-22/h8-9,11-12H,4-7,10,13H2,1-3H3. The zero-order valence-corrected chi connectivity index (χ0v) is 17.1. The van der Waals surface area contributed by atoms with Gasteiger partial charge in [0.25, 0.3) is 0 Å². The second-order valence-electron chi connectivity index (χ2n) is 6.41. The molecular weight excluding hydrogens is 370 g/mol. The van der Waals surface area contributed by atoms with Crippen molar-refractivity contribution in [3.63, 3.8) is 0 Å². The molecule has 142 valence electrons.